The highest BCUT2D eigenvalue weighted by molar-refractivity contribution is 8.13. The van der Waals surface area contributed by atoms with Crippen LogP contribution in [-0.2, 0) is 9.05 Å². The highest BCUT2D eigenvalue weighted by Gasteiger charge is 2.21. The minimum Gasteiger partial charge on any atom is -0.298 e. The van der Waals surface area contributed by atoms with Gasteiger partial charge < -0.3 is 0 Å². The van der Waals surface area contributed by atoms with Gasteiger partial charge in [-0.2, -0.15) is 0 Å². The second-order valence-electron chi connectivity index (χ2n) is 2.99. The van der Waals surface area contributed by atoms with Crippen molar-refractivity contribution in [2.24, 2.45) is 0 Å². The molecule has 0 atom stereocenters. The van der Waals surface area contributed by atoms with Crippen LogP contribution in [0.4, 0.5) is 5.69 Å². The first-order valence-electron chi connectivity index (χ1n) is 3.96. The largest absolute Gasteiger partial charge is 0.298 e. The molecule has 0 amide bonds. The van der Waals surface area contributed by atoms with Crippen molar-refractivity contribution in [1.82, 2.24) is 0 Å². The Morgan fingerprint density at radius 2 is 2.00 bits per heavy atom. The van der Waals surface area contributed by atoms with Gasteiger partial charge in [0.05, 0.1) is 15.4 Å². The Morgan fingerprint density at radius 1 is 1.44 bits per heavy atom. The van der Waals surface area contributed by atoms with E-state index in [0.29, 0.717) is 6.29 Å². The maximum absolute atomic E-state index is 11.0. The summed E-state index contributed by atoms with van der Waals surface area (Å²) < 4.78 is 22.0. The van der Waals surface area contributed by atoms with Gasteiger partial charge >= 0.3 is 0 Å². The lowest BCUT2D eigenvalue weighted by molar-refractivity contribution is -0.385. The third kappa shape index (κ3) is 2.37. The molecule has 0 saturated carbocycles. The van der Waals surface area contributed by atoms with E-state index in [1.807, 2.05) is 0 Å². The topological polar surface area (TPSA) is 94.3 Å². The Kier molecular flexibility index (Phi) is 3.30. The molecule has 0 saturated heterocycles. The Hall–Kier alpha value is -1.47. The molecule has 0 aliphatic heterocycles. The average molecular weight is 264 g/mol. The van der Waals surface area contributed by atoms with Gasteiger partial charge in [0.15, 0.2) is 6.29 Å². The molecule has 0 aliphatic rings. The van der Waals surface area contributed by atoms with Crippen LogP contribution in [0.25, 0.3) is 0 Å². The zero-order valence-electron chi connectivity index (χ0n) is 8.01. The van der Waals surface area contributed by atoms with E-state index in [0.717, 1.165) is 12.1 Å². The first-order valence-corrected chi connectivity index (χ1v) is 6.27. The molecule has 8 heteroatoms. The zero-order valence-corrected chi connectivity index (χ0v) is 9.58. The Morgan fingerprint density at radius 3 is 2.38 bits per heavy atom. The monoisotopic (exact) mass is 263 g/mol. The predicted octanol–water partition coefficient (Wildman–Crippen LogP) is 1.64. The van der Waals surface area contributed by atoms with Crippen LogP contribution in [0.15, 0.2) is 17.0 Å². The van der Waals surface area contributed by atoms with Crippen LogP contribution in [0.3, 0.4) is 0 Å². The molecule has 0 aromatic heterocycles. The van der Waals surface area contributed by atoms with Crippen molar-refractivity contribution in [3.8, 4) is 0 Å². The SMILES string of the molecule is Cc1cc(S(=O)(=O)Cl)cc([N+](=O)[O-])c1C=O. The summed E-state index contributed by atoms with van der Waals surface area (Å²) in [4.78, 5) is 20.0. The second kappa shape index (κ2) is 4.18. The second-order valence-corrected chi connectivity index (χ2v) is 5.55. The van der Waals surface area contributed by atoms with Crippen molar-refractivity contribution < 1.29 is 18.1 Å². The van der Waals surface area contributed by atoms with E-state index in [9.17, 15) is 23.3 Å². The van der Waals surface area contributed by atoms with E-state index in [1.165, 1.54) is 6.92 Å². The lowest BCUT2D eigenvalue weighted by Crippen LogP contribution is -2.01. The summed E-state index contributed by atoms with van der Waals surface area (Å²) in [5.41, 5.74) is -0.549. The number of carbonyl (C=O) groups excluding carboxylic acids is 1. The summed E-state index contributed by atoms with van der Waals surface area (Å²) in [5, 5.41) is 10.6. The van der Waals surface area contributed by atoms with Crippen molar-refractivity contribution >= 4 is 31.7 Å². The number of rotatable bonds is 3. The maximum Gasteiger partial charge on any atom is 0.281 e. The molecule has 0 unspecified atom stereocenters. The normalized spacial score (nSPS) is 11.1. The number of aryl methyl sites for hydroxylation is 1. The Labute approximate surface area is 95.4 Å². The molecule has 1 rings (SSSR count). The van der Waals surface area contributed by atoms with E-state index < -0.39 is 24.6 Å². The molecule has 0 aliphatic carbocycles. The Bertz CT molecular complexity index is 566. The van der Waals surface area contributed by atoms with Gasteiger partial charge in [-0.15, -0.1) is 0 Å². The summed E-state index contributed by atoms with van der Waals surface area (Å²) in [6.45, 7) is 1.39. The smallest absolute Gasteiger partial charge is 0.281 e. The zero-order chi connectivity index (χ0) is 12.5. The number of nitro benzene ring substituents is 1. The van der Waals surface area contributed by atoms with Gasteiger partial charge in [-0.3, -0.25) is 14.9 Å². The van der Waals surface area contributed by atoms with E-state index in [2.05, 4.69) is 0 Å². The standard InChI is InChI=1S/C8H6ClNO5S/c1-5-2-6(16(9,14)15)3-8(10(12)13)7(5)4-11/h2-4H,1H3. The molecular formula is C8H6ClNO5S. The van der Waals surface area contributed by atoms with Gasteiger partial charge in [0.1, 0.15) is 0 Å². The Balaban J connectivity index is 3.65. The molecule has 1 aromatic carbocycles. The van der Waals surface area contributed by atoms with Crippen molar-refractivity contribution in [3.63, 3.8) is 0 Å². The summed E-state index contributed by atoms with van der Waals surface area (Å²) in [7, 11) is 1.01. The number of hydrogen-bond donors (Lipinski definition) is 0. The van der Waals surface area contributed by atoms with E-state index in [1.54, 1.807) is 0 Å². The quantitative estimate of drug-likeness (QED) is 0.358. The number of carbonyl (C=O) groups is 1. The van der Waals surface area contributed by atoms with Crippen LogP contribution in [0.2, 0.25) is 0 Å². The molecule has 86 valence electrons. The first kappa shape index (κ1) is 12.6. The predicted molar refractivity (Wildman–Crippen MR) is 56.3 cm³/mol. The first-order chi connectivity index (χ1) is 7.27. The maximum atomic E-state index is 11.0. The summed E-state index contributed by atoms with van der Waals surface area (Å²) in [5.74, 6) is 0. The fraction of sp³-hybridized carbons (Fsp3) is 0.125. The molecule has 0 fully saturated rings. The number of benzene rings is 1. The summed E-state index contributed by atoms with van der Waals surface area (Å²) in [6.07, 6.45) is 0.304. The molecule has 0 N–H and O–H groups in total. The lowest BCUT2D eigenvalue weighted by atomic mass is 10.1. The van der Waals surface area contributed by atoms with Crippen LogP contribution in [-0.4, -0.2) is 19.6 Å². The molecule has 0 radical (unpaired) electrons. The molecular weight excluding hydrogens is 258 g/mol. The number of halogens is 1. The molecule has 0 bridgehead atoms. The molecule has 1 aromatic rings. The minimum atomic E-state index is -4.05. The van der Waals surface area contributed by atoms with Gasteiger partial charge in [0.2, 0.25) is 0 Å². The number of aldehydes is 1. The van der Waals surface area contributed by atoms with Crippen molar-refractivity contribution in [2.75, 3.05) is 0 Å². The summed E-state index contributed by atoms with van der Waals surface area (Å²) >= 11 is 0. The van der Waals surface area contributed by atoms with E-state index in [4.69, 9.17) is 10.7 Å². The van der Waals surface area contributed by atoms with Gasteiger partial charge in [0, 0.05) is 16.7 Å². The van der Waals surface area contributed by atoms with Gasteiger partial charge in [-0.1, -0.05) is 0 Å². The average Bonchev–Trinajstić information content (AvgIpc) is 2.14. The molecule has 0 spiro atoms. The lowest BCUT2D eigenvalue weighted by Gasteiger charge is -2.02. The molecule has 16 heavy (non-hydrogen) atoms. The van der Waals surface area contributed by atoms with Crippen molar-refractivity contribution in [2.45, 2.75) is 11.8 Å². The summed E-state index contributed by atoms with van der Waals surface area (Å²) in [6, 6.07) is 1.87. The third-order valence-electron chi connectivity index (χ3n) is 1.93. The van der Waals surface area contributed by atoms with E-state index in [-0.39, 0.29) is 11.1 Å². The highest BCUT2D eigenvalue weighted by Crippen LogP contribution is 2.26. The van der Waals surface area contributed by atoms with Crippen LogP contribution < -0.4 is 0 Å². The minimum absolute atomic E-state index is 0.158. The number of hydrogen-bond acceptors (Lipinski definition) is 5. The third-order valence-corrected chi connectivity index (χ3v) is 3.27. The highest BCUT2D eigenvalue weighted by atomic mass is 35.7. The van der Waals surface area contributed by atoms with Gasteiger partial charge in [0.25, 0.3) is 14.7 Å². The van der Waals surface area contributed by atoms with Crippen LogP contribution in [0.5, 0.6) is 0 Å². The van der Waals surface area contributed by atoms with Crippen molar-refractivity contribution in [3.05, 3.63) is 33.4 Å². The van der Waals surface area contributed by atoms with Crippen LogP contribution in [0.1, 0.15) is 15.9 Å². The van der Waals surface area contributed by atoms with E-state index >= 15 is 0 Å². The fourth-order valence-corrected chi connectivity index (χ4v) is 2.03. The van der Waals surface area contributed by atoms with Crippen LogP contribution >= 0.6 is 10.7 Å². The van der Waals surface area contributed by atoms with Gasteiger partial charge in [-0.05, 0) is 18.6 Å². The number of nitrogens with zero attached hydrogens (tertiary/aromatic N) is 1. The molecule has 0 heterocycles. The van der Waals surface area contributed by atoms with Crippen LogP contribution in [0, 0.1) is 17.0 Å². The van der Waals surface area contributed by atoms with Crippen molar-refractivity contribution in [1.29, 1.82) is 0 Å². The number of nitro groups is 1. The molecule has 6 nitrogen and oxygen atoms in total. The fourth-order valence-electron chi connectivity index (χ4n) is 1.19. The van der Waals surface area contributed by atoms with Gasteiger partial charge in [-0.25, -0.2) is 8.42 Å².